The molecule has 0 fully saturated rings. The summed E-state index contributed by atoms with van der Waals surface area (Å²) in [6.45, 7) is 0. The second kappa shape index (κ2) is 3.00. The molecule has 3 heteroatoms. The van der Waals surface area contributed by atoms with Crippen LogP contribution in [-0.4, -0.2) is 6.21 Å². The van der Waals surface area contributed by atoms with Crippen LogP contribution in [0.5, 0.6) is 0 Å². The molecule has 2 rings (SSSR count). The van der Waals surface area contributed by atoms with Crippen LogP contribution in [0.25, 0.3) is 0 Å². The molecular weight excluding hydrogens is 168 g/mol. The highest BCUT2D eigenvalue weighted by atomic mass is 32.2. The molecule has 0 bridgehead atoms. The number of benzene rings is 1. The molecule has 0 radical (unpaired) electrons. The molecule has 1 aliphatic heterocycles. The van der Waals surface area contributed by atoms with E-state index >= 15 is 0 Å². The van der Waals surface area contributed by atoms with Crippen LogP contribution in [0.4, 0.5) is 5.69 Å². The van der Waals surface area contributed by atoms with E-state index in [4.69, 9.17) is 5.26 Å². The highest BCUT2D eigenvalue weighted by molar-refractivity contribution is 8.04. The predicted molar refractivity (Wildman–Crippen MR) is 50.5 cm³/mol. The lowest BCUT2D eigenvalue weighted by atomic mass is 10.1. The molecule has 1 aromatic rings. The predicted octanol–water partition coefficient (Wildman–Crippen LogP) is 2.66. The van der Waals surface area contributed by atoms with E-state index in [9.17, 15) is 0 Å². The van der Waals surface area contributed by atoms with Crippen LogP contribution in [0.15, 0.2) is 29.3 Å². The van der Waals surface area contributed by atoms with Crippen LogP contribution in [0.3, 0.4) is 0 Å². The summed E-state index contributed by atoms with van der Waals surface area (Å²) in [5, 5.41) is 10.7. The first-order valence-electron chi connectivity index (χ1n) is 3.59. The summed E-state index contributed by atoms with van der Waals surface area (Å²) in [7, 11) is 0. The van der Waals surface area contributed by atoms with Gasteiger partial charge in [0, 0.05) is 6.21 Å². The SMILES string of the molecule is N#CSC1C=Nc2ccccc21. The van der Waals surface area contributed by atoms with Gasteiger partial charge in [-0.2, -0.15) is 5.26 Å². The van der Waals surface area contributed by atoms with Gasteiger partial charge in [0.1, 0.15) is 5.40 Å². The molecule has 58 valence electrons. The van der Waals surface area contributed by atoms with Crippen LogP contribution < -0.4 is 0 Å². The molecule has 1 aliphatic rings. The topological polar surface area (TPSA) is 36.1 Å². The molecule has 0 N–H and O–H groups in total. The highest BCUT2D eigenvalue weighted by Crippen LogP contribution is 2.37. The number of para-hydroxylation sites is 1. The van der Waals surface area contributed by atoms with Gasteiger partial charge in [-0.3, -0.25) is 4.99 Å². The summed E-state index contributed by atoms with van der Waals surface area (Å²) in [6.07, 6.45) is 1.82. The largest absolute Gasteiger partial charge is 0.259 e. The normalized spacial score (nSPS) is 18.8. The zero-order chi connectivity index (χ0) is 8.39. The van der Waals surface area contributed by atoms with Crippen LogP contribution in [0, 0.1) is 10.7 Å². The number of rotatable bonds is 1. The fourth-order valence-electron chi connectivity index (χ4n) is 1.22. The number of fused-ring (bicyclic) bond motifs is 1. The summed E-state index contributed by atoms with van der Waals surface area (Å²) in [6, 6.07) is 7.90. The van der Waals surface area contributed by atoms with E-state index < -0.39 is 0 Å². The average Bonchev–Trinajstić information content (AvgIpc) is 2.50. The Kier molecular flexibility index (Phi) is 1.84. The minimum atomic E-state index is 0.131. The second-order valence-electron chi connectivity index (χ2n) is 2.47. The van der Waals surface area contributed by atoms with E-state index in [0.717, 1.165) is 11.3 Å². The maximum absolute atomic E-state index is 8.50. The fraction of sp³-hybridized carbons (Fsp3) is 0.111. The van der Waals surface area contributed by atoms with Crippen LogP contribution in [0.2, 0.25) is 0 Å². The van der Waals surface area contributed by atoms with Crippen LogP contribution in [0.1, 0.15) is 10.8 Å². The van der Waals surface area contributed by atoms with Crippen molar-refractivity contribution >= 4 is 23.7 Å². The van der Waals surface area contributed by atoms with Crippen molar-refractivity contribution in [2.24, 2.45) is 4.99 Å². The Morgan fingerprint density at radius 2 is 2.25 bits per heavy atom. The number of thioether (sulfide) groups is 1. The molecule has 1 aromatic carbocycles. The van der Waals surface area contributed by atoms with Gasteiger partial charge in [-0.25, -0.2) is 0 Å². The third-order valence-electron chi connectivity index (χ3n) is 1.77. The van der Waals surface area contributed by atoms with Gasteiger partial charge >= 0.3 is 0 Å². The van der Waals surface area contributed by atoms with Gasteiger partial charge in [0.25, 0.3) is 0 Å². The number of nitrogens with zero attached hydrogens (tertiary/aromatic N) is 2. The van der Waals surface area contributed by atoms with Gasteiger partial charge in [0.15, 0.2) is 0 Å². The first-order valence-corrected chi connectivity index (χ1v) is 4.47. The number of hydrogen-bond acceptors (Lipinski definition) is 3. The number of thiocyanates is 1. The van der Waals surface area contributed by atoms with Gasteiger partial charge in [0.2, 0.25) is 0 Å². The monoisotopic (exact) mass is 174 g/mol. The van der Waals surface area contributed by atoms with Crippen LogP contribution in [-0.2, 0) is 0 Å². The lowest BCUT2D eigenvalue weighted by molar-refractivity contribution is 1.38. The van der Waals surface area contributed by atoms with Gasteiger partial charge in [0.05, 0.1) is 10.9 Å². The zero-order valence-electron chi connectivity index (χ0n) is 6.27. The van der Waals surface area contributed by atoms with E-state index in [1.165, 1.54) is 11.8 Å². The van der Waals surface area contributed by atoms with E-state index in [1.807, 2.05) is 30.5 Å². The van der Waals surface area contributed by atoms with Gasteiger partial charge in [-0.05, 0) is 23.4 Å². The van der Waals surface area contributed by atoms with E-state index in [-0.39, 0.29) is 5.25 Å². The zero-order valence-corrected chi connectivity index (χ0v) is 7.08. The standard InChI is InChI=1S/C9H6N2S/c10-6-12-9-5-11-8-4-2-1-3-7(8)9/h1-5,9H. The van der Waals surface area contributed by atoms with Crippen molar-refractivity contribution in [3.63, 3.8) is 0 Å². The Morgan fingerprint density at radius 3 is 3.08 bits per heavy atom. The maximum atomic E-state index is 8.50. The Balaban J connectivity index is 2.37. The molecular formula is C9H6N2S. The molecule has 2 nitrogen and oxygen atoms in total. The fourth-order valence-corrected chi connectivity index (χ4v) is 1.79. The molecule has 0 aromatic heterocycles. The lowest BCUT2D eigenvalue weighted by Gasteiger charge is -2.01. The highest BCUT2D eigenvalue weighted by Gasteiger charge is 2.17. The van der Waals surface area contributed by atoms with Gasteiger partial charge < -0.3 is 0 Å². The molecule has 0 spiro atoms. The molecule has 1 atom stereocenters. The van der Waals surface area contributed by atoms with Crippen molar-refractivity contribution < 1.29 is 0 Å². The Hall–Kier alpha value is -1.27. The Bertz CT molecular complexity index is 365. The minimum absolute atomic E-state index is 0.131. The second-order valence-corrected chi connectivity index (χ2v) is 3.39. The Labute approximate surface area is 74.9 Å². The lowest BCUT2D eigenvalue weighted by Crippen LogP contribution is -1.86. The van der Waals surface area contributed by atoms with Crippen molar-refractivity contribution in [3.05, 3.63) is 29.8 Å². The molecule has 0 saturated heterocycles. The first kappa shape index (κ1) is 7.38. The molecule has 12 heavy (non-hydrogen) atoms. The van der Waals surface area contributed by atoms with Gasteiger partial charge in [-0.1, -0.05) is 18.2 Å². The van der Waals surface area contributed by atoms with E-state index in [1.54, 1.807) is 0 Å². The molecule has 0 saturated carbocycles. The minimum Gasteiger partial charge on any atom is -0.259 e. The third kappa shape index (κ3) is 1.10. The van der Waals surface area contributed by atoms with E-state index in [2.05, 4.69) is 10.4 Å². The molecule has 0 aliphatic carbocycles. The van der Waals surface area contributed by atoms with E-state index in [0.29, 0.717) is 0 Å². The molecule has 0 amide bonds. The maximum Gasteiger partial charge on any atom is 0.134 e. The van der Waals surface area contributed by atoms with Gasteiger partial charge in [-0.15, -0.1) is 0 Å². The first-order chi connectivity index (χ1) is 5.92. The molecule has 1 heterocycles. The summed E-state index contributed by atoms with van der Waals surface area (Å²) in [5.41, 5.74) is 2.13. The molecule has 1 unspecified atom stereocenters. The van der Waals surface area contributed by atoms with Crippen molar-refractivity contribution in [1.29, 1.82) is 5.26 Å². The quantitative estimate of drug-likeness (QED) is 0.613. The van der Waals surface area contributed by atoms with Crippen molar-refractivity contribution in [3.8, 4) is 5.40 Å². The van der Waals surface area contributed by atoms with Crippen molar-refractivity contribution in [1.82, 2.24) is 0 Å². The smallest absolute Gasteiger partial charge is 0.134 e. The third-order valence-corrected chi connectivity index (χ3v) is 2.51. The number of aliphatic imine (C=N–C) groups is 1. The summed E-state index contributed by atoms with van der Waals surface area (Å²) >= 11 is 1.24. The number of hydrogen-bond donors (Lipinski definition) is 0. The summed E-state index contributed by atoms with van der Waals surface area (Å²) in [5.74, 6) is 0. The van der Waals surface area contributed by atoms with Crippen molar-refractivity contribution in [2.75, 3.05) is 0 Å². The number of nitriles is 1. The van der Waals surface area contributed by atoms with Crippen molar-refractivity contribution in [2.45, 2.75) is 5.25 Å². The summed E-state index contributed by atoms with van der Waals surface area (Å²) in [4.78, 5) is 4.20. The average molecular weight is 174 g/mol. The summed E-state index contributed by atoms with van der Waals surface area (Å²) < 4.78 is 0. The Morgan fingerprint density at radius 1 is 1.42 bits per heavy atom. The van der Waals surface area contributed by atoms with Crippen LogP contribution >= 0.6 is 11.8 Å².